The summed E-state index contributed by atoms with van der Waals surface area (Å²) in [5.41, 5.74) is 2.63. The molecule has 9 heteroatoms. The fourth-order valence-corrected chi connectivity index (χ4v) is 3.33. The number of carbonyl (C=O) groups excluding carboxylic acids is 3. The van der Waals surface area contributed by atoms with E-state index in [-0.39, 0.29) is 24.8 Å². The number of nitrogens with zero attached hydrogens (tertiary/aromatic N) is 2. The summed E-state index contributed by atoms with van der Waals surface area (Å²) in [6.07, 6.45) is 3.42. The van der Waals surface area contributed by atoms with Crippen LogP contribution in [0.5, 0.6) is 0 Å². The van der Waals surface area contributed by atoms with Crippen LogP contribution in [0, 0.1) is 0 Å². The van der Waals surface area contributed by atoms with E-state index in [4.69, 9.17) is 9.47 Å². The highest BCUT2D eigenvalue weighted by molar-refractivity contribution is 5.94. The maximum Gasteiger partial charge on any atom is 0.407 e. The van der Waals surface area contributed by atoms with Crippen LogP contribution in [0.2, 0.25) is 0 Å². The zero-order valence-corrected chi connectivity index (χ0v) is 21.7. The van der Waals surface area contributed by atoms with Crippen molar-refractivity contribution in [2.75, 3.05) is 6.54 Å². The average molecular weight is 495 g/mol. The van der Waals surface area contributed by atoms with Gasteiger partial charge in [-0.1, -0.05) is 12.1 Å². The number of nitrogens with one attached hydrogen (secondary N) is 2. The Morgan fingerprint density at radius 2 is 1.58 bits per heavy atom. The van der Waals surface area contributed by atoms with Gasteiger partial charge in [-0.3, -0.25) is 9.59 Å². The summed E-state index contributed by atoms with van der Waals surface area (Å²) in [5, 5.41) is 5.48. The molecule has 2 aromatic heterocycles. The molecular formula is C27H34N4O5. The lowest BCUT2D eigenvalue weighted by molar-refractivity contribution is -0.154. The normalized spacial score (nSPS) is 11.7. The molecule has 0 spiro atoms. The Labute approximate surface area is 211 Å². The first-order valence-electron chi connectivity index (χ1n) is 11.8. The molecule has 0 radical (unpaired) electrons. The van der Waals surface area contributed by atoms with E-state index in [0.29, 0.717) is 12.1 Å². The second kappa shape index (κ2) is 10.8. The van der Waals surface area contributed by atoms with E-state index >= 15 is 0 Å². The highest BCUT2D eigenvalue weighted by atomic mass is 16.6. The second-order valence-electron chi connectivity index (χ2n) is 10.5. The molecule has 0 aliphatic carbocycles. The Balaban J connectivity index is 1.58. The standard InChI is InChI=1S/C27H34N4O5/c1-26(2,3)35-23(32)11-13-28-24(33)20-9-7-19(8-10-20)21-17-31-14-12-18(15-22(31)30-21)16-29-25(34)36-27(4,5)6/h7-10,12,14-15,17H,11,13,16H2,1-6H3,(H,28,33)(H,29,34). The summed E-state index contributed by atoms with van der Waals surface area (Å²) in [7, 11) is 0. The molecule has 3 aromatic rings. The van der Waals surface area contributed by atoms with Gasteiger partial charge in [-0.25, -0.2) is 9.78 Å². The average Bonchev–Trinajstić information content (AvgIpc) is 3.19. The highest BCUT2D eigenvalue weighted by Crippen LogP contribution is 2.20. The summed E-state index contributed by atoms with van der Waals surface area (Å²) in [6.45, 7) is 11.4. The fourth-order valence-electron chi connectivity index (χ4n) is 3.33. The molecule has 1 aromatic carbocycles. The number of rotatable bonds is 7. The van der Waals surface area contributed by atoms with E-state index in [1.807, 2.05) is 61.8 Å². The Kier molecular flexibility index (Phi) is 8.02. The molecule has 3 rings (SSSR count). The number of alkyl carbamates (subject to hydrolysis) is 1. The number of pyridine rings is 1. The van der Waals surface area contributed by atoms with Crippen molar-refractivity contribution in [2.24, 2.45) is 0 Å². The van der Waals surface area contributed by atoms with Crippen LogP contribution < -0.4 is 10.6 Å². The van der Waals surface area contributed by atoms with Gasteiger partial charge in [-0.05, 0) is 71.4 Å². The van der Waals surface area contributed by atoms with Crippen LogP contribution in [0.4, 0.5) is 4.79 Å². The number of aromatic nitrogens is 2. The van der Waals surface area contributed by atoms with Gasteiger partial charge in [-0.2, -0.15) is 0 Å². The third-order valence-electron chi connectivity index (χ3n) is 4.84. The van der Waals surface area contributed by atoms with Gasteiger partial charge in [0.15, 0.2) is 0 Å². The molecule has 9 nitrogen and oxygen atoms in total. The Morgan fingerprint density at radius 1 is 0.917 bits per heavy atom. The lowest BCUT2D eigenvalue weighted by Gasteiger charge is -2.19. The third kappa shape index (κ3) is 8.11. The predicted molar refractivity (Wildman–Crippen MR) is 136 cm³/mol. The SMILES string of the molecule is CC(C)(C)OC(=O)CCNC(=O)c1ccc(-c2cn3ccc(CNC(=O)OC(C)(C)C)cc3n2)cc1. The van der Waals surface area contributed by atoms with Crippen molar-refractivity contribution < 1.29 is 23.9 Å². The van der Waals surface area contributed by atoms with Crippen LogP contribution in [-0.2, 0) is 20.8 Å². The molecular weight excluding hydrogens is 460 g/mol. The molecule has 2 N–H and O–H groups in total. The number of benzene rings is 1. The predicted octanol–water partition coefficient (Wildman–Crippen LogP) is 4.49. The summed E-state index contributed by atoms with van der Waals surface area (Å²) >= 11 is 0. The molecule has 0 unspecified atom stereocenters. The first-order chi connectivity index (χ1) is 16.8. The largest absolute Gasteiger partial charge is 0.460 e. The van der Waals surface area contributed by atoms with E-state index in [2.05, 4.69) is 15.6 Å². The number of fused-ring (bicyclic) bond motifs is 1. The fraction of sp³-hybridized carbons (Fsp3) is 0.407. The third-order valence-corrected chi connectivity index (χ3v) is 4.84. The van der Waals surface area contributed by atoms with Crippen molar-refractivity contribution >= 4 is 23.6 Å². The highest BCUT2D eigenvalue weighted by Gasteiger charge is 2.17. The molecule has 0 bridgehead atoms. The smallest absolute Gasteiger partial charge is 0.407 e. The van der Waals surface area contributed by atoms with E-state index in [1.54, 1.807) is 32.9 Å². The van der Waals surface area contributed by atoms with Crippen LogP contribution in [-0.4, -0.2) is 45.1 Å². The van der Waals surface area contributed by atoms with Crippen molar-refractivity contribution in [3.63, 3.8) is 0 Å². The molecule has 2 heterocycles. The van der Waals surface area contributed by atoms with Crippen molar-refractivity contribution in [3.8, 4) is 11.3 Å². The van der Waals surface area contributed by atoms with Crippen molar-refractivity contribution in [1.29, 1.82) is 0 Å². The van der Waals surface area contributed by atoms with Gasteiger partial charge >= 0.3 is 12.1 Å². The minimum atomic E-state index is -0.553. The number of esters is 1. The first kappa shape index (κ1) is 26.7. The van der Waals surface area contributed by atoms with E-state index < -0.39 is 17.3 Å². The maximum atomic E-state index is 12.4. The number of hydrogen-bond donors (Lipinski definition) is 2. The van der Waals surface area contributed by atoms with Gasteiger partial charge in [-0.15, -0.1) is 0 Å². The lowest BCUT2D eigenvalue weighted by atomic mass is 10.1. The number of imidazole rings is 1. The number of ether oxygens (including phenoxy) is 2. The van der Waals surface area contributed by atoms with E-state index in [0.717, 1.165) is 22.5 Å². The van der Waals surface area contributed by atoms with Crippen LogP contribution in [0.15, 0.2) is 48.8 Å². The Bertz CT molecular complexity index is 1230. The van der Waals surface area contributed by atoms with Gasteiger partial charge in [0.05, 0.1) is 12.1 Å². The minimum absolute atomic E-state index is 0.109. The van der Waals surface area contributed by atoms with Gasteiger partial charge in [0, 0.05) is 36.6 Å². The monoisotopic (exact) mass is 494 g/mol. The molecule has 36 heavy (non-hydrogen) atoms. The lowest BCUT2D eigenvalue weighted by Crippen LogP contribution is -2.32. The number of hydrogen-bond acceptors (Lipinski definition) is 6. The van der Waals surface area contributed by atoms with Crippen LogP contribution in [0.1, 0.15) is 63.9 Å². The summed E-state index contributed by atoms with van der Waals surface area (Å²) in [4.78, 5) is 40.7. The molecule has 0 aliphatic heterocycles. The van der Waals surface area contributed by atoms with Crippen molar-refractivity contribution in [3.05, 3.63) is 59.9 Å². The van der Waals surface area contributed by atoms with Gasteiger partial charge in [0.1, 0.15) is 16.8 Å². The molecule has 192 valence electrons. The molecule has 0 saturated heterocycles. The molecule has 0 fully saturated rings. The zero-order chi connectivity index (χ0) is 26.5. The number of carbonyl (C=O) groups is 3. The van der Waals surface area contributed by atoms with E-state index in [9.17, 15) is 14.4 Å². The summed E-state index contributed by atoms with van der Waals surface area (Å²) < 4.78 is 12.4. The van der Waals surface area contributed by atoms with Gasteiger partial charge in [0.25, 0.3) is 5.91 Å². The van der Waals surface area contributed by atoms with Gasteiger partial charge in [0.2, 0.25) is 0 Å². The number of amides is 2. The van der Waals surface area contributed by atoms with Crippen molar-refractivity contribution in [1.82, 2.24) is 20.0 Å². The van der Waals surface area contributed by atoms with E-state index in [1.165, 1.54) is 0 Å². The summed E-state index contributed by atoms with van der Waals surface area (Å²) in [5.74, 6) is -0.615. The molecule has 2 amide bonds. The van der Waals surface area contributed by atoms with Crippen LogP contribution in [0.3, 0.4) is 0 Å². The van der Waals surface area contributed by atoms with Crippen molar-refractivity contribution in [2.45, 2.75) is 65.7 Å². The first-order valence-corrected chi connectivity index (χ1v) is 11.8. The van der Waals surface area contributed by atoms with Gasteiger partial charge < -0.3 is 24.5 Å². The summed E-state index contributed by atoms with van der Waals surface area (Å²) in [6, 6.07) is 10.9. The molecule has 0 aliphatic rings. The Hall–Kier alpha value is -3.88. The maximum absolute atomic E-state index is 12.4. The van der Waals surface area contributed by atoms with Crippen LogP contribution >= 0.6 is 0 Å². The molecule has 0 atom stereocenters. The topological polar surface area (TPSA) is 111 Å². The Morgan fingerprint density at radius 3 is 2.22 bits per heavy atom. The minimum Gasteiger partial charge on any atom is -0.460 e. The van der Waals surface area contributed by atoms with Crippen LogP contribution in [0.25, 0.3) is 16.9 Å². The second-order valence-corrected chi connectivity index (χ2v) is 10.5. The quantitative estimate of drug-likeness (QED) is 0.468. The molecule has 0 saturated carbocycles. The zero-order valence-electron chi connectivity index (χ0n) is 21.7.